The first-order chi connectivity index (χ1) is 10.1. The molecule has 23 heavy (non-hydrogen) atoms. The Morgan fingerprint density at radius 2 is 1.04 bits per heavy atom. The van der Waals surface area contributed by atoms with Crippen LogP contribution in [0.25, 0.3) is 0 Å². The van der Waals surface area contributed by atoms with Gasteiger partial charge < -0.3 is 4.90 Å². The molecule has 0 saturated carbocycles. The van der Waals surface area contributed by atoms with Crippen molar-refractivity contribution in [2.45, 2.75) is 12.8 Å². The zero-order chi connectivity index (χ0) is 18.7. The third-order valence-corrected chi connectivity index (χ3v) is 3.15. The van der Waals surface area contributed by atoms with Gasteiger partial charge in [-0.3, -0.25) is 12.9 Å². The summed E-state index contributed by atoms with van der Waals surface area (Å²) in [6.45, 7) is 1.66. The molecule has 0 unspecified atom stereocenters. The Hall–Kier alpha value is -0.310. The van der Waals surface area contributed by atoms with Gasteiger partial charge in [0.25, 0.3) is 30.4 Å². The number of rotatable bonds is 10. The van der Waals surface area contributed by atoms with Crippen molar-refractivity contribution in [1.29, 1.82) is 0 Å². The van der Waals surface area contributed by atoms with Gasteiger partial charge in [-0.15, -0.1) is 0 Å². The monoisotopic (exact) mass is 399 g/mol. The van der Waals surface area contributed by atoms with Crippen LogP contribution in [-0.2, 0) is 38.7 Å². The van der Waals surface area contributed by atoms with E-state index in [1.807, 2.05) is 11.9 Å². The van der Waals surface area contributed by atoms with Crippen LogP contribution in [0.2, 0.25) is 0 Å². The van der Waals surface area contributed by atoms with E-state index in [-0.39, 0.29) is 13.2 Å². The SMILES string of the molecule is CN(CCCOS(C)(=O)=O)CCCOS(C)(=O)=O.CS(=O)(=O)O. The van der Waals surface area contributed by atoms with Crippen molar-refractivity contribution in [1.82, 2.24) is 4.90 Å². The molecule has 142 valence electrons. The maximum absolute atomic E-state index is 10.7. The molecule has 0 rings (SSSR count). The summed E-state index contributed by atoms with van der Waals surface area (Å²) in [6, 6.07) is 0. The van der Waals surface area contributed by atoms with Gasteiger partial charge in [-0.2, -0.15) is 25.3 Å². The van der Waals surface area contributed by atoms with Gasteiger partial charge in [-0.1, -0.05) is 0 Å². The third kappa shape index (κ3) is 34.2. The van der Waals surface area contributed by atoms with Crippen molar-refractivity contribution in [3.8, 4) is 0 Å². The van der Waals surface area contributed by atoms with Crippen LogP contribution in [0.3, 0.4) is 0 Å². The fourth-order valence-corrected chi connectivity index (χ4v) is 2.04. The highest BCUT2D eigenvalue weighted by Gasteiger charge is 2.04. The van der Waals surface area contributed by atoms with E-state index < -0.39 is 30.4 Å². The van der Waals surface area contributed by atoms with Gasteiger partial charge in [0.2, 0.25) is 0 Å². The Bertz CT molecular complexity index is 562. The molecule has 0 aliphatic carbocycles. The third-order valence-electron chi connectivity index (χ3n) is 1.96. The van der Waals surface area contributed by atoms with E-state index in [0.29, 0.717) is 32.2 Å². The lowest BCUT2D eigenvalue weighted by Gasteiger charge is -2.15. The van der Waals surface area contributed by atoms with Gasteiger partial charge in [0.05, 0.1) is 32.0 Å². The summed E-state index contributed by atoms with van der Waals surface area (Å²) < 4.78 is 77.7. The fourth-order valence-electron chi connectivity index (χ4n) is 1.20. The summed E-state index contributed by atoms with van der Waals surface area (Å²) >= 11 is 0. The Balaban J connectivity index is 0. The summed E-state index contributed by atoms with van der Waals surface area (Å²) in [5, 5.41) is 0. The first-order valence-corrected chi connectivity index (χ1v) is 11.9. The Morgan fingerprint density at radius 3 is 1.26 bits per heavy atom. The molecule has 0 atom stereocenters. The van der Waals surface area contributed by atoms with Gasteiger partial charge in [0.1, 0.15) is 0 Å². The van der Waals surface area contributed by atoms with Gasteiger partial charge in [-0.25, -0.2) is 0 Å². The van der Waals surface area contributed by atoms with Crippen LogP contribution in [0.15, 0.2) is 0 Å². The molecule has 0 aromatic rings. The van der Waals surface area contributed by atoms with E-state index in [1.165, 1.54) is 0 Å². The summed E-state index contributed by atoms with van der Waals surface area (Å²) in [6.07, 6.45) is 3.93. The average molecular weight is 400 g/mol. The van der Waals surface area contributed by atoms with Crippen LogP contribution in [-0.4, -0.2) is 86.8 Å². The van der Waals surface area contributed by atoms with Crippen molar-refractivity contribution in [3.05, 3.63) is 0 Å². The average Bonchev–Trinajstić information content (AvgIpc) is 2.26. The van der Waals surface area contributed by atoms with Gasteiger partial charge in [0, 0.05) is 13.1 Å². The van der Waals surface area contributed by atoms with Crippen LogP contribution in [0, 0.1) is 0 Å². The molecule has 0 radical (unpaired) electrons. The highest BCUT2D eigenvalue weighted by atomic mass is 32.2. The Labute approximate surface area is 138 Å². The van der Waals surface area contributed by atoms with Crippen LogP contribution in [0.4, 0.5) is 0 Å². The van der Waals surface area contributed by atoms with Crippen LogP contribution in [0.5, 0.6) is 0 Å². The predicted octanol–water partition coefficient (Wildman–Crippen LogP) is -0.845. The second-order valence-electron chi connectivity index (χ2n) is 4.80. The summed E-state index contributed by atoms with van der Waals surface area (Å²) in [4.78, 5) is 1.96. The minimum atomic E-state index is -3.67. The van der Waals surface area contributed by atoms with Crippen molar-refractivity contribution in [3.63, 3.8) is 0 Å². The van der Waals surface area contributed by atoms with Crippen molar-refractivity contribution >= 4 is 30.4 Å². The summed E-state index contributed by atoms with van der Waals surface area (Å²) in [5.41, 5.74) is 0. The normalized spacial score (nSPS) is 12.8. The molecule has 0 aliphatic heterocycles. The Kier molecular flexibility index (Phi) is 12.2. The van der Waals surface area contributed by atoms with Crippen molar-refractivity contribution in [2.75, 3.05) is 52.1 Å². The minimum Gasteiger partial charge on any atom is -0.306 e. The molecule has 0 amide bonds. The molecule has 1 N–H and O–H groups in total. The molecular formula is C10H25NO9S3. The number of hydrogen-bond acceptors (Lipinski definition) is 9. The quantitative estimate of drug-likeness (QED) is 0.280. The number of hydrogen-bond donors (Lipinski definition) is 1. The standard InChI is InChI=1S/C9H21NO6S2.CH4O3S/c1-10(6-4-8-15-17(2,11)12)7-5-9-16-18(3,13)14;1-5(2,3)4/h4-9H2,1-3H3;1H3,(H,2,3,4). The second-order valence-corrected chi connectivity index (χ2v) is 9.55. The molecule has 0 aliphatic rings. The first-order valence-electron chi connectivity index (χ1n) is 6.40. The zero-order valence-corrected chi connectivity index (χ0v) is 16.1. The van der Waals surface area contributed by atoms with Crippen LogP contribution >= 0.6 is 0 Å². The molecular weight excluding hydrogens is 374 g/mol. The van der Waals surface area contributed by atoms with Crippen LogP contribution < -0.4 is 0 Å². The molecule has 0 saturated heterocycles. The Morgan fingerprint density at radius 1 is 0.783 bits per heavy atom. The lowest BCUT2D eigenvalue weighted by molar-refractivity contribution is 0.245. The molecule has 0 heterocycles. The molecule has 0 aromatic carbocycles. The maximum atomic E-state index is 10.7. The van der Waals surface area contributed by atoms with E-state index >= 15 is 0 Å². The molecule has 0 aromatic heterocycles. The lowest BCUT2D eigenvalue weighted by Crippen LogP contribution is -2.23. The number of nitrogens with zero attached hydrogens (tertiary/aromatic N) is 1. The summed E-state index contributed by atoms with van der Waals surface area (Å²) in [7, 11) is -8.53. The van der Waals surface area contributed by atoms with E-state index in [4.69, 9.17) is 4.55 Å². The van der Waals surface area contributed by atoms with E-state index in [2.05, 4.69) is 8.37 Å². The van der Waals surface area contributed by atoms with Gasteiger partial charge in [-0.05, 0) is 19.9 Å². The van der Waals surface area contributed by atoms with E-state index in [9.17, 15) is 25.3 Å². The van der Waals surface area contributed by atoms with Crippen molar-refractivity contribution in [2.24, 2.45) is 0 Å². The lowest BCUT2D eigenvalue weighted by atomic mass is 10.3. The molecule has 0 fully saturated rings. The van der Waals surface area contributed by atoms with E-state index in [1.54, 1.807) is 0 Å². The molecule has 0 bridgehead atoms. The first kappa shape index (κ1) is 24.9. The molecule has 0 spiro atoms. The molecule has 10 nitrogen and oxygen atoms in total. The maximum Gasteiger partial charge on any atom is 0.264 e. The predicted molar refractivity (Wildman–Crippen MR) is 85.8 cm³/mol. The van der Waals surface area contributed by atoms with Gasteiger partial charge in [0.15, 0.2) is 0 Å². The molecule has 13 heteroatoms. The topological polar surface area (TPSA) is 144 Å². The van der Waals surface area contributed by atoms with Gasteiger partial charge >= 0.3 is 0 Å². The highest BCUT2D eigenvalue weighted by molar-refractivity contribution is 7.86. The second kappa shape index (κ2) is 11.3. The van der Waals surface area contributed by atoms with Crippen molar-refractivity contribution < 1.29 is 38.2 Å². The van der Waals surface area contributed by atoms with E-state index in [0.717, 1.165) is 12.5 Å². The minimum absolute atomic E-state index is 0.156. The zero-order valence-electron chi connectivity index (χ0n) is 13.6. The fraction of sp³-hybridized carbons (Fsp3) is 1.00. The van der Waals surface area contributed by atoms with Crippen LogP contribution in [0.1, 0.15) is 12.8 Å². The summed E-state index contributed by atoms with van der Waals surface area (Å²) in [5.74, 6) is 0. The smallest absolute Gasteiger partial charge is 0.264 e. The largest absolute Gasteiger partial charge is 0.306 e. The highest BCUT2D eigenvalue weighted by Crippen LogP contribution is 1.96.